The number of anilines is 1. The van der Waals surface area contributed by atoms with E-state index in [-0.39, 0.29) is 18.8 Å². The highest BCUT2D eigenvalue weighted by molar-refractivity contribution is 5.97. The topological polar surface area (TPSA) is 144 Å². The van der Waals surface area contributed by atoms with Crippen LogP contribution in [0.25, 0.3) is 17.1 Å². The van der Waals surface area contributed by atoms with Gasteiger partial charge in [-0.3, -0.25) is 0 Å². The Balaban J connectivity index is 2.08. The number of ether oxygens (including phenoxy) is 1. The van der Waals surface area contributed by atoms with Gasteiger partial charge in [0, 0.05) is 24.3 Å². The highest BCUT2D eigenvalue weighted by Gasteiger charge is 2.35. The van der Waals surface area contributed by atoms with Crippen LogP contribution >= 0.6 is 0 Å². The summed E-state index contributed by atoms with van der Waals surface area (Å²) in [5.41, 5.74) is 6.88. The summed E-state index contributed by atoms with van der Waals surface area (Å²) in [7, 11) is 0. The van der Waals surface area contributed by atoms with Crippen molar-refractivity contribution in [3.05, 3.63) is 24.2 Å². The number of rotatable bonds is 4. The summed E-state index contributed by atoms with van der Waals surface area (Å²) in [6, 6.07) is 0. The first kappa shape index (κ1) is 15.4. The fourth-order valence-corrected chi connectivity index (χ4v) is 2.69. The molecule has 1 fully saturated rings. The predicted octanol–water partition coefficient (Wildman–Crippen LogP) is -0.248. The Bertz CT molecular complexity index is 772. The van der Waals surface area contributed by atoms with E-state index in [1.807, 2.05) is 0 Å². The highest BCUT2D eigenvalue weighted by atomic mass is 16.5. The van der Waals surface area contributed by atoms with Gasteiger partial charge >= 0.3 is 5.97 Å². The maximum atomic E-state index is 10.7. The van der Waals surface area contributed by atoms with Crippen LogP contribution in [0.5, 0.6) is 0 Å². The number of nitrogens with zero attached hydrogens (tertiary/aromatic N) is 3. The van der Waals surface area contributed by atoms with Crippen LogP contribution < -0.4 is 5.73 Å². The van der Waals surface area contributed by atoms with Gasteiger partial charge < -0.3 is 30.4 Å². The van der Waals surface area contributed by atoms with Crippen LogP contribution in [-0.2, 0) is 9.53 Å². The van der Waals surface area contributed by atoms with Crippen molar-refractivity contribution in [1.29, 1.82) is 0 Å². The zero-order chi connectivity index (χ0) is 16.6. The molecular weight excluding hydrogens is 304 g/mol. The number of hydrogen-bond donors (Lipinski definition) is 4. The van der Waals surface area contributed by atoms with Crippen LogP contribution in [0, 0.1) is 0 Å². The van der Waals surface area contributed by atoms with Crippen molar-refractivity contribution in [2.75, 3.05) is 12.3 Å². The fraction of sp³-hybridized carbons (Fsp3) is 0.357. The Morgan fingerprint density at radius 2 is 2.30 bits per heavy atom. The van der Waals surface area contributed by atoms with E-state index in [0.29, 0.717) is 16.6 Å². The molecule has 3 rings (SSSR count). The first-order valence-electron chi connectivity index (χ1n) is 6.97. The van der Waals surface area contributed by atoms with Crippen LogP contribution in [0.1, 0.15) is 18.2 Å². The molecule has 0 amide bonds. The lowest BCUT2D eigenvalue weighted by molar-refractivity contribution is -0.131. The van der Waals surface area contributed by atoms with E-state index in [0.717, 1.165) is 6.08 Å². The third-order valence-corrected chi connectivity index (χ3v) is 3.77. The average Bonchev–Trinajstić information content (AvgIpc) is 3.06. The smallest absolute Gasteiger partial charge is 0.328 e. The van der Waals surface area contributed by atoms with E-state index >= 15 is 0 Å². The van der Waals surface area contributed by atoms with E-state index < -0.39 is 24.4 Å². The summed E-state index contributed by atoms with van der Waals surface area (Å²) in [6.07, 6.45) is 3.61. The summed E-state index contributed by atoms with van der Waals surface area (Å²) in [5, 5.41) is 28.4. The molecule has 0 radical (unpaired) electrons. The number of nitrogens with two attached hydrogens (primary N) is 1. The highest BCUT2D eigenvalue weighted by Crippen LogP contribution is 2.34. The molecule has 2 aromatic heterocycles. The average molecular weight is 320 g/mol. The van der Waals surface area contributed by atoms with Gasteiger partial charge in [0.05, 0.1) is 18.1 Å². The lowest BCUT2D eigenvalue weighted by Crippen LogP contribution is -2.24. The number of aliphatic hydroxyl groups is 2. The van der Waals surface area contributed by atoms with Crippen molar-refractivity contribution in [1.82, 2.24) is 14.5 Å². The van der Waals surface area contributed by atoms with Crippen molar-refractivity contribution >= 4 is 28.9 Å². The van der Waals surface area contributed by atoms with E-state index in [1.54, 1.807) is 10.8 Å². The maximum Gasteiger partial charge on any atom is 0.328 e. The quantitative estimate of drug-likeness (QED) is 0.565. The van der Waals surface area contributed by atoms with Crippen LogP contribution in [0.2, 0.25) is 0 Å². The molecule has 5 N–H and O–H groups in total. The van der Waals surface area contributed by atoms with E-state index in [4.69, 9.17) is 15.6 Å². The molecule has 23 heavy (non-hydrogen) atoms. The normalized spacial score (nSPS) is 24.7. The maximum absolute atomic E-state index is 10.7. The predicted molar refractivity (Wildman–Crippen MR) is 80.2 cm³/mol. The minimum atomic E-state index is -1.09. The molecule has 9 heteroatoms. The second-order valence-electron chi connectivity index (χ2n) is 5.24. The Hall–Kier alpha value is -2.49. The van der Waals surface area contributed by atoms with Gasteiger partial charge in [0.25, 0.3) is 0 Å². The van der Waals surface area contributed by atoms with E-state index in [2.05, 4.69) is 9.97 Å². The third kappa shape index (κ3) is 2.77. The number of carboxylic acids is 1. The van der Waals surface area contributed by atoms with Crippen LogP contribution in [0.4, 0.5) is 5.82 Å². The monoisotopic (exact) mass is 320 g/mol. The summed E-state index contributed by atoms with van der Waals surface area (Å²) < 4.78 is 7.28. The number of aliphatic hydroxyl groups excluding tert-OH is 2. The second kappa shape index (κ2) is 5.95. The molecule has 3 atom stereocenters. The van der Waals surface area contributed by atoms with Crippen LogP contribution in [0.3, 0.4) is 0 Å². The fourth-order valence-electron chi connectivity index (χ4n) is 2.69. The zero-order valence-electron chi connectivity index (χ0n) is 12.0. The summed E-state index contributed by atoms with van der Waals surface area (Å²) in [6.45, 7) is -0.292. The number of aliphatic carboxylic acids is 1. The van der Waals surface area contributed by atoms with Crippen molar-refractivity contribution in [3.63, 3.8) is 0 Å². The number of hydrogen-bond acceptors (Lipinski definition) is 7. The second-order valence-corrected chi connectivity index (χ2v) is 5.24. The van der Waals surface area contributed by atoms with Gasteiger partial charge in [-0.05, 0) is 6.08 Å². The standard InChI is InChI=1S/C14H16N4O5/c15-13-12-7(1-2-11(21)22)4-18(14(12)17-6-16-13)10-3-8(20)9(5-19)23-10/h1-2,4,6,8-10,19-20H,3,5H2,(H,21,22)(H2,15,16,17)/b2-1+/t8?,9-,10-/m1/s1. The van der Waals surface area contributed by atoms with Gasteiger partial charge in [-0.1, -0.05) is 0 Å². The molecule has 9 nitrogen and oxygen atoms in total. The number of nitrogen functional groups attached to an aromatic ring is 1. The molecule has 0 aliphatic carbocycles. The molecule has 1 saturated heterocycles. The van der Waals surface area contributed by atoms with Gasteiger partial charge in [0.1, 0.15) is 30.1 Å². The van der Waals surface area contributed by atoms with Crippen molar-refractivity contribution in [3.8, 4) is 0 Å². The molecule has 0 saturated carbocycles. The van der Waals surface area contributed by atoms with Gasteiger partial charge in [-0.25, -0.2) is 14.8 Å². The minimum Gasteiger partial charge on any atom is -0.478 e. The SMILES string of the molecule is Nc1ncnc2c1c(/C=C/C(=O)O)cn2[C@H]1CC(O)[C@@H](CO)O1. The molecule has 0 aromatic carbocycles. The Labute approximate surface area is 130 Å². The van der Waals surface area contributed by atoms with Crippen LogP contribution in [0.15, 0.2) is 18.6 Å². The van der Waals surface area contributed by atoms with Crippen LogP contribution in [-0.4, -0.2) is 54.6 Å². The number of carbonyl (C=O) groups is 1. The summed E-state index contributed by atoms with van der Waals surface area (Å²) >= 11 is 0. The molecule has 2 aromatic rings. The van der Waals surface area contributed by atoms with E-state index in [9.17, 15) is 15.0 Å². The Morgan fingerprint density at radius 1 is 1.52 bits per heavy atom. The molecular formula is C14H16N4O5. The lowest BCUT2D eigenvalue weighted by atomic mass is 10.2. The summed E-state index contributed by atoms with van der Waals surface area (Å²) in [5.74, 6) is -0.870. The van der Waals surface area contributed by atoms with Gasteiger partial charge in [-0.2, -0.15) is 0 Å². The largest absolute Gasteiger partial charge is 0.478 e. The number of fused-ring (bicyclic) bond motifs is 1. The van der Waals surface area contributed by atoms with Gasteiger partial charge in [-0.15, -0.1) is 0 Å². The first-order chi connectivity index (χ1) is 11.0. The Morgan fingerprint density at radius 3 is 2.96 bits per heavy atom. The molecule has 0 spiro atoms. The molecule has 1 aliphatic rings. The molecule has 3 heterocycles. The lowest BCUT2D eigenvalue weighted by Gasteiger charge is -2.14. The van der Waals surface area contributed by atoms with Crippen molar-refractivity contribution in [2.45, 2.75) is 24.9 Å². The van der Waals surface area contributed by atoms with Gasteiger partial charge in [0.2, 0.25) is 0 Å². The third-order valence-electron chi connectivity index (χ3n) is 3.77. The Kier molecular flexibility index (Phi) is 3.99. The molecule has 122 valence electrons. The summed E-state index contributed by atoms with van der Waals surface area (Å²) in [4.78, 5) is 18.8. The number of aromatic nitrogens is 3. The molecule has 0 bridgehead atoms. The number of carboxylic acid groups (broad SMARTS) is 1. The van der Waals surface area contributed by atoms with Gasteiger partial charge in [0.15, 0.2) is 0 Å². The first-order valence-corrected chi connectivity index (χ1v) is 6.97. The van der Waals surface area contributed by atoms with E-state index in [1.165, 1.54) is 12.4 Å². The van der Waals surface area contributed by atoms with Crippen molar-refractivity contribution < 1.29 is 24.9 Å². The molecule has 1 unspecified atom stereocenters. The van der Waals surface area contributed by atoms with Crippen molar-refractivity contribution in [2.24, 2.45) is 0 Å². The minimum absolute atomic E-state index is 0.219. The zero-order valence-corrected chi connectivity index (χ0v) is 12.0. The molecule has 1 aliphatic heterocycles.